The average Bonchev–Trinajstić information content (AvgIpc) is 3.34. The van der Waals surface area contributed by atoms with Gasteiger partial charge in [0.2, 0.25) is 0 Å². The second kappa shape index (κ2) is 7.50. The molecule has 0 radical (unpaired) electrons. The summed E-state index contributed by atoms with van der Waals surface area (Å²) in [5.41, 5.74) is 2.42. The Labute approximate surface area is 182 Å². The molecule has 1 atom stereocenters. The summed E-state index contributed by atoms with van der Waals surface area (Å²) in [4.78, 5) is 29.2. The van der Waals surface area contributed by atoms with Gasteiger partial charge in [-0.05, 0) is 35.9 Å². The third-order valence-corrected chi connectivity index (χ3v) is 7.11. The van der Waals surface area contributed by atoms with Crippen molar-refractivity contribution in [2.24, 2.45) is 0 Å². The van der Waals surface area contributed by atoms with Crippen LogP contribution in [0.25, 0.3) is 0 Å². The largest absolute Gasteiger partial charge is 0.311 e. The van der Waals surface area contributed by atoms with Crippen LogP contribution < -0.4 is 4.90 Å². The van der Waals surface area contributed by atoms with Crippen molar-refractivity contribution < 1.29 is 18.4 Å². The lowest BCUT2D eigenvalue weighted by Crippen LogP contribution is -2.50. The van der Waals surface area contributed by atoms with Crippen LogP contribution in [-0.2, 0) is 16.2 Å². The minimum absolute atomic E-state index is 0.0860. The first kappa shape index (κ1) is 19.8. The molecule has 4 nitrogen and oxygen atoms in total. The van der Waals surface area contributed by atoms with Crippen LogP contribution in [0.15, 0.2) is 72.8 Å². The van der Waals surface area contributed by atoms with Crippen molar-refractivity contribution in [1.29, 1.82) is 0 Å². The van der Waals surface area contributed by atoms with Crippen LogP contribution >= 0.6 is 11.8 Å². The number of para-hydroxylation sites is 1. The molecule has 3 aromatic carbocycles. The Morgan fingerprint density at radius 1 is 0.968 bits per heavy atom. The zero-order valence-corrected chi connectivity index (χ0v) is 17.2. The summed E-state index contributed by atoms with van der Waals surface area (Å²) in [6.07, 6.45) is 0. The maximum Gasteiger partial charge on any atom is 0.268 e. The van der Waals surface area contributed by atoms with E-state index in [2.05, 4.69) is 0 Å². The van der Waals surface area contributed by atoms with Gasteiger partial charge in [0.05, 0.1) is 12.2 Å². The maximum atomic E-state index is 13.8. The molecule has 0 bridgehead atoms. The summed E-state index contributed by atoms with van der Waals surface area (Å²) < 4.78 is 27.1. The molecule has 5 rings (SSSR count). The van der Waals surface area contributed by atoms with Crippen LogP contribution in [0, 0.1) is 11.6 Å². The Bertz CT molecular complexity index is 1190. The Hall–Kier alpha value is -3.19. The third kappa shape index (κ3) is 3.03. The predicted molar refractivity (Wildman–Crippen MR) is 116 cm³/mol. The molecule has 0 saturated carbocycles. The highest BCUT2D eigenvalue weighted by Gasteiger charge is 2.59. The quantitative estimate of drug-likeness (QED) is 0.605. The van der Waals surface area contributed by atoms with E-state index in [4.69, 9.17) is 0 Å². The Morgan fingerprint density at radius 3 is 2.48 bits per heavy atom. The van der Waals surface area contributed by atoms with Crippen molar-refractivity contribution in [2.75, 3.05) is 17.2 Å². The standard InChI is InChI=1S/C24H18F2N2O2S/c25-19-11-10-16(14-20(19)26)15-27-21-9-5-4-8-18(21)24(23(27)30)28(12-13-31-24)22(29)17-6-2-1-3-7-17/h1-11,14H,12-13,15H2/t24-/m0/s1. The number of anilines is 1. The first-order valence-electron chi connectivity index (χ1n) is 9.89. The molecule has 1 fully saturated rings. The summed E-state index contributed by atoms with van der Waals surface area (Å²) in [7, 11) is 0. The second-order valence-corrected chi connectivity index (χ2v) is 8.76. The van der Waals surface area contributed by atoms with Crippen LogP contribution in [0.2, 0.25) is 0 Å². The Kier molecular flexibility index (Phi) is 4.78. The lowest BCUT2D eigenvalue weighted by Gasteiger charge is -2.33. The molecular formula is C24H18F2N2O2S. The third-order valence-electron chi connectivity index (χ3n) is 5.69. The first-order valence-corrected chi connectivity index (χ1v) is 10.9. The van der Waals surface area contributed by atoms with E-state index in [0.29, 0.717) is 29.1 Å². The zero-order valence-electron chi connectivity index (χ0n) is 16.4. The van der Waals surface area contributed by atoms with E-state index < -0.39 is 16.5 Å². The Balaban J connectivity index is 1.57. The van der Waals surface area contributed by atoms with Gasteiger partial charge in [-0.25, -0.2) is 8.78 Å². The van der Waals surface area contributed by atoms with Crippen LogP contribution in [0.3, 0.4) is 0 Å². The number of fused-ring (bicyclic) bond motifs is 2. The van der Waals surface area contributed by atoms with Gasteiger partial charge in [-0.3, -0.25) is 9.59 Å². The number of amides is 2. The minimum atomic E-state index is -1.16. The highest BCUT2D eigenvalue weighted by Crippen LogP contribution is 2.54. The summed E-state index contributed by atoms with van der Waals surface area (Å²) >= 11 is 1.43. The SMILES string of the molecule is O=C(c1ccccc1)N1CCS[C@@]12C(=O)N(Cc1ccc(F)c(F)c1)c1ccccc12. The number of thioether (sulfide) groups is 1. The maximum absolute atomic E-state index is 13.8. The van der Waals surface area contributed by atoms with Gasteiger partial charge in [0.15, 0.2) is 16.5 Å². The number of hydrogen-bond acceptors (Lipinski definition) is 3. The molecule has 0 N–H and O–H groups in total. The van der Waals surface area contributed by atoms with Crippen LogP contribution in [0.4, 0.5) is 14.5 Å². The van der Waals surface area contributed by atoms with Gasteiger partial charge >= 0.3 is 0 Å². The van der Waals surface area contributed by atoms with Crippen molar-refractivity contribution in [3.63, 3.8) is 0 Å². The molecular weight excluding hydrogens is 418 g/mol. The molecule has 2 heterocycles. The van der Waals surface area contributed by atoms with Crippen molar-refractivity contribution in [2.45, 2.75) is 11.4 Å². The number of carbonyl (C=O) groups excluding carboxylic acids is 2. The molecule has 31 heavy (non-hydrogen) atoms. The molecule has 156 valence electrons. The number of benzene rings is 3. The van der Waals surface area contributed by atoms with E-state index in [1.807, 2.05) is 30.3 Å². The number of hydrogen-bond donors (Lipinski definition) is 0. The van der Waals surface area contributed by atoms with Gasteiger partial charge in [0.25, 0.3) is 11.8 Å². The highest BCUT2D eigenvalue weighted by molar-refractivity contribution is 8.01. The Morgan fingerprint density at radius 2 is 1.71 bits per heavy atom. The number of halogens is 2. The minimum Gasteiger partial charge on any atom is -0.311 e. The van der Waals surface area contributed by atoms with E-state index in [1.165, 1.54) is 17.8 Å². The van der Waals surface area contributed by atoms with Crippen molar-refractivity contribution in [3.8, 4) is 0 Å². The van der Waals surface area contributed by atoms with Crippen molar-refractivity contribution in [1.82, 2.24) is 4.90 Å². The molecule has 2 amide bonds. The predicted octanol–water partition coefficient (Wildman–Crippen LogP) is 4.55. The lowest BCUT2D eigenvalue weighted by molar-refractivity contribution is -0.123. The molecule has 7 heteroatoms. The second-order valence-electron chi connectivity index (χ2n) is 7.47. The number of rotatable bonds is 3. The van der Waals surface area contributed by atoms with E-state index >= 15 is 0 Å². The highest BCUT2D eigenvalue weighted by atomic mass is 32.2. The summed E-state index contributed by atoms with van der Waals surface area (Å²) in [5, 5.41) is 0. The van der Waals surface area contributed by atoms with Crippen molar-refractivity contribution in [3.05, 3.63) is 101 Å². The van der Waals surface area contributed by atoms with Gasteiger partial charge in [-0.2, -0.15) is 0 Å². The lowest BCUT2D eigenvalue weighted by atomic mass is 10.0. The van der Waals surface area contributed by atoms with Gasteiger partial charge in [0.1, 0.15) is 0 Å². The van der Waals surface area contributed by atoms with Crippen LogP contribution in [-0.4, -0.2) is 29.0 Å². The van der Waals surface area contributed by atoms with Gasteiger partial charge in [-0.15, -0.1) is 11.8 Å². The molecule has 1 spiro atoms. The molecule has 0 aliphatic carbocycles. The molecule has 1 saturated heterocycles. The monoisotopic (exact) mass is 436 g/mol. The summed E-state index contributed by atoms with van der Waals surface area (Å²) in [5.74, 6) is -1.71. The fourth-order valence-corrected chi connectivity index (χ4v) is 5.74. The number of nitrogens with zero attached hydrogens (tertiary/aromatic N) is 2. The van der Waals surface area contributed by atoms with E-state index in [0.717, 1.165) is 17.7 Å². The van der Waals surface area contributed by atoms with E-state index in [-0.39, 0.29) is 18.4 Å². The topological polar surface area (TPSA) is 40.6 Å². The van der Waals surface area contributed by atoms with Gasteiger partial charge < -0.3 is 9.80 Å². The van der Waals surface area contributed by atoms with Crippen LogP contribution in [0.5, 0.6) is 0 Å². The number of carbonyl (C=O) groups is 2. The summed E-state index contributed by atoms with van der Waals surface area (Å²) in [6, 6.07) is 19.9. The summed E-state index contributed by atoms with van der Waals surface area (Å²) in [6.45, 7) is 0.528. The first-order chi connectivity index (χ1) is 15.0. The fraction of sp³-hybridized carbons (Fsp3) is 0.167. The normalized spacial score (nSPS) is 19.9. The zero-order chi connectivity index (χ0) is 21.6. The molecule has 2 aliphatic heterocycles. The smallest absolute Gasteiger partial charge is 0.268 e. The van der Waals surface area contributed by atoms with E-state index in [1.54, 1.807) is 34.1 Å². The molecule has 0 unspecified atom stereocenters. The average molecular weight is 436 g/mol. The van der Waals surface area contributed by atoms with Gasteiger partial charge in [0, 0.05) is 23.4 Å². The molecule has 3 aromatic rings. The van der Waals surface area contributed by atoms with Crippen molar-refractivity contribution >= 4 is 29.3 Å². The molecule has 2 aliphatic rings. The molecule has 0 aromatic heterocycles. The fourth-order valence-electron chi connectivity index (χ4n) is 4.28. The van der Waals surface area contributed by atoms with Gasteiger partial charge in [-0.1, -0.05) is 42.5 Å². The van der Waals surface area contributed by atoms with E-state index in [9.17, 15) is 18.4 Å². The van der Waals surface area contributed by atoms with Crippen LogP contribution in [0.1, 0.15) is 21.5 Å².